The van der Waals surface area contributed by atoms with Crippen molar-refractivity contribution in [1.82, 2.24) is 0 Å². The van der Waals surface area contributed by atoms with Crippen molar-refractivity contribution in [3.8, 4) is 11.5 Å². The summed E-state index contributed by atoms with van der Waals surface area (Å²) in [5, 5.41) is 0. The predicted molar refractivity (Wildman–Crippen MR) is 84.4 cm³/mol. The van der Waals surface area contributed by atoms with E-state index in [0.29, 0.717) is 11.3 Å². The summed E-state index contributed by atoms with van der Waals surface area (Å²) in [5.74, 6) is 0.876. The summed E-state index contributed by atoms with van der Waals surface area (Å²) in [6, 6.07) is 9.74. The van der Waals surface area contributed by atoms with Crippen LogP contribution in [0.1, 0.15) is 11.1 Å². The predicted octanol–water partition coefficient (Wildman–Crippen LogP) is 3.84. The van der Waals surface area contributed by atoms with Crippen LogP contribution in [0, 0.1) is 13.8 Å². The van der Waals surface area contributed by atoms with Gasteiger partial charge in [0.2, 0.25) is 0 Å². The normalized spacial score (nSPS) is 11.2. The van der Waals surface area contributed by atoms with E-state index in [1.54, 1.807) is 50.4 Å². The van der Waals surface area contributed by atoms with Crippen LogP contribution in [0.3, 0.4) is 0 Å². The molecule has 0 saturated carbocycles. The molecular formula is C15H15BrO4S. The minimum atomic E-state index is -3.87. The zero-order valence-electron chi connectivity index (χ0n) is 11.9. The Morgan fingerprint density at radius 1 is 0.952 bits per heavy atom. The van der Waals surface area contributed by atoms with Gasteiger partial charge in [0.1, 0.15) is 16.4 Å². The number of hydrogen-bond acceptors (Lipinski definition) is 4. The maximum Gasteiger partial charge on any atom is 0.339 e. The van der Waals surface area contributed by atoms with Gasteiger partial charge in [-0.2, -0.15) is 8.42 Å². The van der Waals surface area contributed by atoms with Crippen molar-refractivity contribution in [2.24, 2.45) is 0 Å². The molecule has 0 saturated heterocycles. The second-order valence-corrected chi connectivity index (χ2v) is 6.95. The Morgan fingerprint density at radius 2 is 1.52 bits per heavy atom. The molecule has 0 atom stereocenters. The lowest BCUT2D eigenvalue weighted by Crippen LogP contribution is -2.11. The summed E-state index contributed by atoms with van der Waals surface area (Å²) >= 11 is 3.34. The van der Waals surface area contributed by atoms with Crippen molar-refractivity contribution < 1.29 is 17.3 Å². The number of hydrogen-bond donors (Lipinski definition) is 0. The third-order valence-electron chi connectivity index (χ3n) is 2.99. The smallest absolute Gasteiger partial charge is 0.339 e. The molecule has 0 aliphatic carbocycles. The fourth-order valence-corrected chi connectivity index (χ4v) is 3.54. The molecule has 2 aromatic rings. The highest BCUT2D eigenvalue weighted by molar-refractivity contribution is 9.10. The largest absolute Gasteiger partial charge is 0.497 e. The number of ether oxygens (including phenoxy) is 1. The fraction of sp³-hybridized carbons (Fsp3) is 0.200. The molecule has 0 unspecified atom stereocenters. The first kappa shape index (κ1) is 15.9. The van der Waals surface area contributed by atoms with E-state index in [-0.39, 0.29) is 10.6 Å². The molecule has 6 heteroatoms. The average Bonchev–Trinajstić information content (AvgIpc) is 2.43. The van der Waals surface area contributed by atoms with Crippen molar-refractivity contribution in [1.29, 1.82) is 0 Å². The Labute approximate surface area is 133 Å². The molecular weight excluding hydrogens is 356 g/mol. The van der Waals surface area contributed by atoms with Gasteiger partial charge >= 0.3 is 10.1 Å². The lowest BCUT2D eigenvalue weighted by atomic mass is 10.2. The fourth-order valence-electron chi connectivity index (χ4n) is 1.88. The summed E-state index contributed by atoms with van der Waals surface area (Å²) in [5.41, 5.74) is 1.61. The topological polar surface area (TPSA) is 52.6 Å². The van der Waals surface area contributed by atoms with Crippen LogP contribution in [-0.4, -0.2) is 15.5 Å². The van der Waals surface area contributed by atoms with Gasteiger partial charge in [-0.3, -0.25) is 0 Å². The molecule has 0 bridgehead atoms. The summed E-state index contributed by atoms with van der Waals surface area (Å²) in [4.78, 5) is 0.149. The van der Waals surface area contributed by atoms with Gasteiger partial charge in [-0.1, -0.05) is 22.0 Å². The summed E-state index contributed by atoms with van der Waals surface area (Å²) < 4.78 is 35.6. The van der Waals surface area contributed by atoms with E-state index in [0.717, 1.165) is 10.0 Å². The monoisotopic (exact) mass is 370 g/mol. The molecule has 0 aliphatic rings. The Morgan fingerprint density at radius 3 is 2.10 bits per heavy atom. The first-order valence-corrected chi connectivity index (χ1v) is 8.39. The molecule has 0 heterocycles. The highest BCUT2D eigenvalue weighted by Gasteiger charge is 2.20. The lowest BCUT2D eigenvalue weighted by Gasteiger charge is -2.11. The second-order valence-electron chi connectivity index (χ2n) is 4.58. The first-order valence-electron chi connectivity index (χ1n) is 6.19. The number of rotatable bonds is 4. The van der Waals surface area contributed by atoms with E-state index in [4.69, 9.17) is 8.92 Å². The van der Waals surface area contributed by atoms with Crippen LogP contribution >= 0.6 is 15.9 Å². The van der Waals surface area contributed by atoms with Gasteiger partial charge in [-0.25, -0.2) is 0 Å². The minimum absolute atomic E-state index is 0.149. The van der Waals surface area contributed by atoms with Crippen LogP contribution in [0.25, 0.3) is 0 Å². The third kappa shape index (κ3) is 3.57. The quantitative estimate of drug-likeness (QED) is 0.767. The van der Waals surface area contributed by atoms with Crippen LogP contribution < -0.4 is 8.92 Å². The molecule has 0 aliphatic heterocycles. The van der Waals surface area contributed by atoms with Crippen molar-refractivity contribution in [2.45, 2.75) is 18.7 Å². The Kier molecular flexibility index (Phi) is 4.58. The molecule has 2 rings (SSSR count). The number of aryl methyl sites for hydroxylation is 2. The summed E-state index contributed by atoms with van der Waals surface area (Å²) in [6.07, 6.45) is 0. The number of benzene rings is 2. The molecule has 0 radical (unpaired) electrons. The van der Waals surface area contributed by atoms with Gasteiger partial charge in [0, 0.05) is 4.47 Å². The van der Waals surface area contributed by atoms with Gasteiger partial charge in [0.05, 0.1) is 7.11 Å². The van der Waals surface area contributed by atoms with Crippen LogP contribution in [0.5, 0.6) is 11.5 Å². The minimum Gasteiger partial charge on any atom is -0.497 e. The lowest BCUT2D eigenvalue weighted by molar-refractivity contribution is 0.413. The van der Waals surface area contributed by atoms with Crippen LogP contribution in [0.2, 0.25) is 0 Å². The molecule has 0 aromatic heterocycles. The zero-order chi connectivity index (χ0) is 15.6. The maximum atomic E-state index is 12.4. The van der Waals surface area contributed by atoms with Crippen molar-refractivity contribution >= 4 is 26.0 Å². The molecule has 0 N–H and O–H groups in total. The van der Waals surface area contributed by atoms with Crippen molar-refractivity contribution in [3.05, 3.63) is 52.0 Å². The SMILES string of the molecule is COc1ccc(OS(=O)(=O)c2cc(Br)c(C)cc2C)cc1. The zero-order valence-corrected chi connectivity index (χ0v) is 14.3. The van der Waals surface area contributed by atoms with E-state index in [9.17, 15) is 8.42 Å². The van der Waals surface area contributed by atoms with E-state index in [2.05, 4.69) is 15.9 Å². The van der Waals surface area contributed by atoms with E-state index in [1.165, 1.54) is 0 Å². The van der Waals surface area contributed by atoms with Crippen LogP contribution in [0.15, 0.2) is 45.8 Å². The first-order chi connectivity index (χ1) is 9.83. The van der Waals surface area contributed by atoms with Gasteiger partial charge < -0.3 is 8.92 Å². The van der Waals surface area contributed by atoms with Gasteiger partial charge in [0.25, 0.3) is 0 Å². The summed E-state index contributed by atoms with van der Waals surface area (Å²) in [7, 11) is -2.33. The van der Waals surface area contributed by atoms with Crippen LogP contribution in [-0.2, 0) is 10.1 Å². The highest BCUT2D eigenvalue weighted by atomic mass is 79.9. The Hall–Kier alpha value is -1.53. The Bertz CT molecular complexity index is 752. The molecule has 4 nitrogen and oxygen atoms in total. The van der Waals surface area contributed by atoms with E-state index >= 15 is 0 Å². The maximum absolute atomic E-state index is 12.4. The Balaban J connectivity index is 2.35. The van der Waals surface area contributed by atoms with E-state index < -0.39 is 10.1 Å². The third-order valence-corrected chi connectivity index (χ3v) is 5.24. The van der Waals surface area contributed by atoms with Gasteiger partial charge in [0.15, 0.2) is 0 Å². The number of halogens is 1. The van der Waals surface area contributed by atoms with Crippen molar-refractivity contribution in [2.75, 3.05) is 7.11 Å². The second kappa shape index (κ2) is 6.07. The van der Waals surface area contributed by atoms with Gasteiger partial charge in [-0.15, -0.1) is 0 Å². The molecule has 21 heavy (non-hydrogen) atoms. The highest BCUT2D eigenvalue weighted by Crippen LogP contribution is 2.27. The molecule has 112 valence electrons. The number of methoxy groups -OCH3 is 1. The van der Waals surface area contributed by atoms with Gasteiger partial charge in [-0.05, 0) is 55.3 Å². The average molecular weight is 371 g/mol. The molecule has 0 spiro atoms. The summed E-state index contributed by atoms with van der Waals surface area (Å²) in [6.45, 7) is 3.64. The molecule has 2 aromatic carbocycles. The van der Waals surface area contributed by atoms with E-state index in [1.807, 2.05) is 6.92 Å². The molecule has 0 fully saturated rings. The standard InChI is InChI=1S/C15H15BrO4S/c1-10-8-11(2)15(9-14(10)16)21(17,18)20-13-6-4-12(19-3)5-7-13/h4-9H,1-3H3. The van der Waals surface area contributed by atoms with Crippen molar-refractivity contribution in [3.63, 3.8) is 0 Å². The molecule has 0 amide bonds. The van der Waals surface area contributed by atoms with Crippen LogP contribution in [0.4, 0.5) is 0 Å².